The van der Waals surface area contributed by atoms with Crippen molar-refractivity contribution in [2.45, 2.75) is 13.3 Å². The molecule has 0 aromatic rings. The van der Waals surface area contributed by atoms with Gasteiger partial charge in [-0.3, -0.25) is 13.0 Å². The predicted molar refractivity (Wildman–Crippen MR) is 37.7 cm³/mol. The zero-order valence-corrected chi connectivity index (χ0v) is 7.92. The molecule has 0 fully saturated rings. The molecule has 0 radical (unpaired) electrons. The van der Waals surface area contributed by atoms with Crippen molar-refractivity contribution in [2.24, 2.45) is 0 Å². The molecule has 0 aromatic carbocycles. The van der Waals surface area contributed by atoms with Gasteiger partial charge in [0, 0.05) is 16.6 Å². The summed E-state index contributed by atoms with van der Waals surface area (Å²) >= 11 is 0. The first-order valence-electron chi connectivity index (χ1n) is 2.77. The predicted octanol–water partition coefficient (Wildman–Crippen LogP) is -0.764. The Balaban J connectivity index is 0. The Hall–Kier alpha value is 0.0200. The highest BCUT2D eigenvalue weighted by Crippen LogP contribution is 2.34. The van der Waals surface area contributed by atoms with Crippen LogP contribution in [0.4, 0.5) is 0 Å². The molecule has 0 bridgehead atoms. The van der Waals surface area contributed by atoms with Crippen LogP contribution < -0.4 is 0 Å². The second kappa shape index (κ2) is 5.63. The topological polar surface area (TPSA) is 138 Å². The van der Waals surface area contributed by atoms with Gasteiger partial charge < -0.3 is 18.9 Å². The first kappa shape index (κ1) is 14.5. The van der Waals surface area contributed by atoms with Gasteiger partial charge in [-0.25, -0.2) is 0 Å². The monoisotopic (exact) mass is 220 g/mol. The summed E-state index contributed by atoms with van der Waals surface area (Å²) in [6, 6.07) is 0. The van der Waals surface area contributed by atoms with Crippen LogP contribution in [0.25, 0.3) is 0 Å². The quantitative estimate of drug-likeness (QED) is 0.354. The molecular formula is C3H9O7PS-2. The van der Waals surface area contributed by atoms with Gasteiger partial charge in [0.2, 0.25) is 0 Å². The number of rotatable bonds is 2. The summed E-state index contributed by atoms with van der Waals surface area (Å²) in [6.07, 6.45) is 0.553. The van der Waals surface area contributed by atoms with Gasteiger partial charge in [-0.05, 0) is 6.42 Å². The molecule has 0 atom stereocenters. The summed E-state index contributed by atoms with van der Waals surface area (Å²) in [5.74, 6) is 0. The van der Waals surface area contributed by atoms with E-state index >= 15 is 0 Å². The van der Waals surface area contributed by atoms with E-state index in [1.165, 1.54) is 0 Å². The number of hydrogen-bond donors (Lipinski definition) is 2. The van der Waals surface area contributed by atoms with Crippen molar-refractivity contribution in [1.29, 1.82) is 0 Å². The van der Waals surface area contributed by atoms with Crippen LogP contribution in [0.2, 0.25) is 0 Å². The lowest BCUT2D eigenvalue weighted by molar-refractivity contribution is 0.352. The lowest BCUT2D eigenvalue weighted by Gasteiger charge is -2.06. The molecule has 0 aromatic heterocycles. The van der Waals surface area contributed by atoms with Crippen molar-refractivity contribution in [2.75, 3.05) is 6.16 Å². The van der Waals surface area contributed by atoms with Gasteiger partial charge in [0.1, 0.15) is 0 Å². The Morgan fingerprint density at radius 2 is 1.58 bits per heavy atom. The van der Waals surface area contributed by atoms with E-state index in [0.717, 1.165) is 0 Å². The summed E-state index contributed by atoms with van der Waals surface area (Å²) in [5, 5.41) is 0. The number of hydrogen-bond acceptors (Lipinski definition) is 5. The SMILES string of the molecule is CCCP(=O)(O)O.O=S(=O)([O-])[O-]. The highest BCUT2D eigenvalue weighted by Gasteiger charge is 2.08. The third kappa shape index (κ3) is 50.4. The minimum atomic E-state index is -5.17. The van der Waals surface area contributed by atoms with E-state index < -0.39 is 18.0 Å². The van der Waals surface area contributed by atoms with E-state index in [-0.39, 0.29) is 6.16 Å². The Bertz CT molecular complexity index is 229. The Morgan fingerprint density at radius 1 is 1.33 bits per heavy atom. The molecule has 12 heavy (non-hydrogen) atoms. The van der Waals surface area contributed by atoms with E-state index in [1.807, 2.05) is 0 Å². The molecule has 2 N–H and O–H groups in total. The second-order valence-corrected chi connectivity index (χ2v) is 4.39. The molecule has 7 nitrogen and oxygen atoms in total. The minimum absolute atomic E-state index is 0.00694. The molecule has 0 saturated carbocycles. The van der Waals surface area contributed by atoms with Gasteiger partial charge in [0.25, 0.3) is 0 Å². The van der Waals surface area contributed by atoms with Gasteiger partial charge >= 0.3 is 7.60 Å². The lowest BCUT2D eigenvalue weighted by Crippen LogP contribution is -1.91. The molecule has 0 spiro atoms. The molecule has 0 aliphatic carbocycles. The van der Waals surface area contributed by atoms with Crippen LogP contribution in [-0.2, 0) is 15.0 Å². The van der Waals surface area contributed by atoms with Crippen LogP contribution in [-0.4, -0.2) is 33.5 Å². The van der Waals surface area contributed by atoms with Gasteiger partial charge in [-0.2, -0.15) is 0 Å². The maximum atomic E-state index is 9.93. The van der Waals surface area contributed by atoms with E-state index in [4.69, 9.17) is 27.3 Å². The van der Waals surface area contributed by atoms with Crippen molar-refractivity contribution in [1.82, 2.24) is 0 Å². The van der Waals surface area contributed by atoms with E-state index in [0.29, 0.717) is 6.42 Å². The van der Waals surface area contributed by atoms with Crippen LogP contribution in [0, 0.1) is 0 Å². The van der Waals surface area contributed by atoms with Crippen molar-refractivity contribution in [3.8, 4) is 0 Å². The summed E-state index contributed by atoms with van der Waals surface area (Å²) in [5.41, 5.74) is 0. The fourth-order valence-electron chi connectivity index (χ4n) is 0.291. The maximum Gasteiger partial charge on any atom is 0.325 e. The Labute approximate surface area is 70.2 Å². The van der Waals surface area contributed by atoms with Crippen LogP contribution in [0.15, 0.2) is 0 Å². The zero-order chi connectivity index (χ0) is 10.4. The van der Waals surface area contributed by atoms with Crippen LogP contribution in [0.1, 0.15) is 13.3 Å². The molecule has 0 aliphatic rings. The van der Waals surface area contributed by atoms with Crippen molar-refractivity contribution >= 4 is 18.0 Å². The van der Waals surface area contributed by atoms with Crippen LogP contribution in [0.3, 0.4) is 0 Å². The fraction of sp³-hybridized carbons (Fsp3) is 1.00. The summed E-state index contributed by atoms with van der Waals surface area (Å²) < 4.78 is 44.0. The van der Waals surface area contributed by atoms with Crippen molar-refractivity contribution in [3.05, 3.63) is 0 Å². The maximum absolute atomic E-state index is 9.93. The molecule has 76 valence electrons. The Kier molecular flexibility index (Phi) is 6.82. The molecule has 0 rings (SSSR count). The van der Waals surface area contributed by atoms with E-state index in [9.17, 15) is 4.57 Å². The molecule has 0 unspecified atom stereocenters. The van der Waals surface area contributed by atoms with Crippen LogP contribution >= 0.6 is 7.60 Å². The highest BCUT2D eigenvalue weighted by atomic mass is 32.3. The molecule has 0 aliphatic heterocycles. The Morgan fingerprint density at radius 3 is 1.58 bits per heavy atom. The molecule has 0 saturated heterocycles. The van der Waals surface area contributed by atoms with Gasteiger partial charge in [0.15, 0.2) is 0 Å². The second-order valence-electron chi connectivity index (χ2n) is 1.80. The van der Waals surface area contributed by atoms with Gasteiger partial charge in [-0.15, -0.1) is 0 Å². The molecule has 0 amide bonds. The van der Waals surface area contributed by atoms with Crippen molar-refractivity contribution < 1.29 is 31.9 Å². The van der Waals surface area contributed by atoms with Gasteiger partial charge in [0.05, 0.1) is 0 Å². The minimum Gasteiger partial charge on any atom is -0.759 e. The van der Waals surface area contributed by atoms with E-state index in [1.54, 1.807) is 6.92 Å². The lowest BCUT2D eigenvalue weighted by atomic mass is 10.6. The standard InChI is InChI=1S/C3H9O3P.H2O4S/c1-2-3-7(4,5)6;1-5(2,3)4/h2-3H2,1H3,(H2,4,5,6);(H2,1,2,3,4)/p-2. The molecular weight excluding hydrogens is 211 g/mol. The van der Waals surface area contributed by atoms with E-state index in [2.05, 4.69) is 0 Å². The fourth-order valence-corrected chi connectivity index (χ4v) is 0.874. The first-order valence-corrected chi connectivity index (χ1v) is 5.90. The first-order chi connectivity index (χ1) is 5.06. The highest BCUT2D eigenvalue weighted by molar-refractivity contribution is 7.79. The van der Waals surface area contributed by atoms with Crippen molar-refractivity contribution in [3.63, 3.8) is 0 Å². The normalized spacial score (nSPS) is 11.8. The van der Waals surface area contributed by atoms with Crippen LogP contribution in [0.5, 0.6) is 0 Å². The summed E-state index contributed by atoms with van der Waals surface area (Å²) in [6.45, 7) is 1.74. The average molecular weight is 220 g/mol. The molecule has 9 heteroatoms. The zero-order valence-electron chi connectivity index (χ0n) is 6.21. The average Bonchev–Trinajstić information content (AvgIpc) is 1.54. The van der Waals surface area contributed by atoms with Gasteiger partial charge in [-0.1, -0.05) is 6.92 Å². The molecule has 0 heterocycles. The third-order valence-electron chi connectivity index (χ3n) is 0.515. The third-order valence-corrected chi connectivity index (χ3v) is 1.54. The summed E-state index contributed by atoms with van der Waals surface area (Å²) in [4.78, 5) is 16.3. The summed E-state index contributed by atoms with van der Waals surface area (Å²) in [7, 11) is -8.83. The smallest absolute Gasteiger partial charge is 0.325 e. The largest absolute Gasteiger partial charge is 0.759 e.